The molecule has 14 nitrogen and oxygen atoms in total. The van der Waals surface area contributed by atoms with Gasteiger partial charge in [-0.25, -0.2) is 0 Å². The van der Waals surface area contributed by atoms with Gasteiger partial charge in [0.25, 0.3) is 0 Å². The lowest BCUT2D eigenvalue weighted by molar-refractivity contribution is 0.344. The summed E-state index contributed by atoms with van der Waals surface area (Å²) in [6.07, 6.45) is 8.71. The van der Waals surface area contributed by atoms with Crippen LogP contribution >= 0.6 is 0 Å². The second kappa shape index (κ2) is 46.0. The lowest BCUT2D eigenvalue weighted by atomic mass is 9.64. The minimum absolute atomic E-state index is 0.0000694. The van der Waals surface area contributed by atoms with Crippen molar-refractivity contribution >= 4 is 0 Å². The Morgan fingerprint density at radius 1 is 0.246 bits per heavy atom. The van der Waals surface area contributed by atoms with Gasteiger partial charge in [-0.3, -0.25) is 0 Å². The molecule has 15 rings (SSSR count). The molecule has 1 fully saturated rings. The Hall–Kier alpha value is -13.7. The summed E-state index contributed by atoms with van der Waals surface area (Å²) in [7, 11) is 0. The van der Waals surface area contributed by atoms with Crippen LogP contribution in [-0.2, 0) is 22.7 Å². The Kier molecular flexibility index (Phi) is 35.9. The molecule has 0 saturated heterocycles. The van der Waals surface area contributed by atoms with Crippen molar-refractivity contribution in [1.82, 2.24) is 0 Å². The summed E-state index contributed by atoms with van der Waals surface area (Å²) >= 11 is 0. The maximum Gasteiger partial charge on any atom is 0.121 e. The van der Waals surface area contributed by atoms with Gasteiger partial charge < -0.3 is 71.5 Å². The summed E-state index contributed by atoms with van der Waals surface area (Å²) in [5, 5.41) is 137. The molecule has 728 valence electrons. The Morgan fingerprint density at radius 3 is 0.942 bits per heavy atom. The molecule has 3 atom stereocenters. The molecule has 0 aliphatic heterocycles. The Morgan fingerprint density at radius 2 is 0.536 bits per heavy atom. The van der Waals surface area contributed by atoms with Gasteiger partial charge in [0.05, 0.1) is 0 Å². The highest BCUT2D eigenvalue weighted by molar-refractivity contribution is 5.69. The fraction of sp³-hybridized carbons (Fsp3) is 0.323. The van der Waals surface area contributed by atoms with Gasteiger partial charge in [-0.05, 0) is 433 Å². The van der Waals surface area contributed by atoms with E-state index in [2.05, 4.69) is 96.1 Å². The zero-order chi connectivity index (χ0) is 102. The number of rotatable bonds is 15. The minimum atomic E-state index is -0.179. The minimum Gasteiger partial charge on any atom is -0.508 e. The summed E-state index contributed by atoms with van der Waals surface area (Å²) in [5.74, 6) is 5.45. The SMILES string of the molecule is CCC(C)(c1ccc(O)c(C)c1)c1cc(C)c(O)c(C)c1.CCC(c1ccc(O)c(C)c1)c1cc(C)c(O)c(C)c1.Cc1cc(-c2cc(C)c(O)c(C)c2)ccc1O.Cc1cc(C(C)(C)c2cc(C)c(O)c(C)c2)ccc1O.Cc1cc(C(C)c2cc(C)c(O)c(C)c2)ccc1O.Cc1cc(C2(c3cc(C)c(O)c(C)c3)CCCCC2)ccc1O.Cc1cc(Cc2cc(C)c(O)c(C)c2)ccc1O. The van der Waals surface area contributed by atoms with E-state index >= 15 is 0 Å². The van der Waals surface area contributed by atoms with Crippen LogP contribution in [0.5, 0.6) is 80.5 Å². The third-order valence-corrected chi connectivity index (χ3v) is 28.2. The van der Waals surface area contributed by atoms with Crippen molar-refractivity contribution in [1.29, 1.82) is 0 Å². The van der Waals surface area contributed by atoms with Gasteiger partial charge in [0.1, 0.15) is 80.5 Å². The van der Waals surface area contributed by atoms with Crippen LogP contribution in [0.15, 0.2) is 212 Å². The van der Waals surface area contributed by atoms with Gasteiger partial charge in [-0.1, -0.05) is 212 Å². The van der Waals surface area contributed by atoms with Crippen molar-refractivity contribution in [3.05, 3.63) is 396 Å². The van der Waals surface area contributed by atoms with Crippen LogP contribution in [0.2, 0.25) is 0 Å². The molecule has 138 heavy (non-hydrogen) atoms. The van der Waals surface area contributed by atoms with E-state index in [-0.39, 0.29) is 28.1 Å². The fourth-order valence-electron chi connectivity index (χ4n) is 18.8. The molecule has 1 aliphatic rings. The normalized spacial score (nSPS) is 12.9. The number of phenolic OH excluding ortho intramolecular Hbond substituents is 14. The maximum absolute atomic E-state index is 10.1. The number of aryl methyl sites for hydroxylation is 21. The van der Waals surface area contributed by atoms with Crippen molar-refractivity contribution in [3.63, 3.8) is 0 Å². The van der Waals surface area contributed by atoms with Crippen LogP contribution in [-0.4, -0.2) is 71.5 Å². The van der Waals surface area contributed by atoms with Crippen LogP contribution in [0.4, 0.5) is 0 Å². The molecular formula is C124H148O14. The molecule has 14 N–H and O–H groups in total. The lowest BCUT2D eigenvalue weighted by Gasteiger charge is -2.39. The largest absolute Gasteiger partial charge is 0.508 e. The lowest BCUT2D eigenvalue weighted by Crippen LogP contribution is -2.30. The van der Waals surface area contributed by atoms with Gasteiger partial charge >= 0.3 is 0 Å². The molecule has 0 heterocycles. The second-order valence-electron chi connectivity index (χ2n) is 39.4. The van der Waals surface area contributed by atoms with Crippen molar-refractivity contribution < 1.29 is 71.5 Å². The van der Waals surface area contributed by atoms with E-state index < -0.39 is 0 Å². The van der Waals surface area contributed by atoms with Crippen molar-refractivity contribution in [2.45, 2.75) is 266 Å². The average Bonchev–Trinajstić information content (AvgIpc) is 0.757. The van der Waals surface area contributed by atoms with Crippen LogP contribution < -0.4 is 0 Å². The highest BCUT2D eigenvalue weighted by atomic mass is 16.3. The monoisotopic (exact) mass is 1860 g/mol. The first-order chi connectivity index (χ1) is 64.7. The topological polar surface area (TPSA) is 283 Å². The van der Waals surface area contributed by atoms with E-state index in [0.29, 0.717) is 80.5 Å². The third kappa shape index (κ3) is 25.8. The summed E-state index contributed by atoms with van der Waals surface area (Å²) in [4.78, 5) is 0. The molecule has 1 aliphatic carbocycles. The molecular weight excluding hydrogens is 1710 g/mol. The van der Waals surface area contributed by atoms with Gasteiger partial charge in [-0.2, -0.15) is 0 Å². The van der Waals surface area contributed by atoms with E-state index in [1.165, 1.54) is 69.3 Å². The molecule has 0 radical (unpaired) electrons. The Bertz CT molecular complexity index is 6530. The zero-order valence-electron chi connectivity index (χ0n) is 86.3. The highest BCUT2D eigenvalue weighted by Crippen LogP contribution is 2.49. The third-order valence-electron chi connectivity index (χ3n) is 28.2. The van der Waals surface area contributed by atoms with E-state index in [1.54, 1.807) is 36.4 Å². The first-order valence-corrected chi connectivity index (χ1v) is 48.0. The van der Waals surface area contributed by atoms with Gasteiger partial charge in [0.2, 0.25) is 0 Å². The van der Waals surface area contributed by atoms with Crippen molar-refractivity contribution in [3.8, 4) is 91.6 Å². The molecule has 0 spiro atoms. The smallest absolute Gasteiger partial charge is 0.121 e. The van der Waals surface area contributed by atoms with E-state index in [0.717, 1.165) is 177 Å². The van der Waals surface area contributed by atoms with E-state index in [1.807, 2.05) is 267 Å². The van der Waals surface area contributed by atoms with E-state index in [4.69, 9.17) is 0 Å². The number of phenols is 14. The Balaban J connectivity index is 0.000000181. The summed E-state index contributed by atoms with van der Waals surface area (Å²) in [5.41, 5.74) is 35.0. The fourth-order valence-corrected chi connectivity index (χ4v) is 18.8. The number of hydrogen-bond acceptors (Lipinski definition) is 14. The second-order valence-corrected chi connectivity index (χ2v) is 39.4. The number of aromatic hydroxyl groups is 14. The molecule has 0 aromatic heterocycles. The summed E-state index contributed by atoms with van der Waals surface area (Å²) < 4.78 is 0. The highest BCUT2D eigenvalue weighted by Gasteiger charge is 2.37. The predicted molar refractivity (Wildman–Crippen MR) is 567 cm³/mol. The predicted octanol–water partition coefficient (Wildman–Crippen LogP) is 30.4. The zero-order valence-corrected chi connectivity index (χ0v) is 86.3. The quantitative estimate of drug-likeness (QED) is 0.0455. The first-order valence-electron chi connectivity index (χ1n) is 48.0. The van der Waals surface area contributed by atoms with Crippen LogP contribution in [0, 0.1) is 145 Å². The Labute approximate surface area is 820 Å². The molecule has 14 heteroatoms. The van der Waals surface area contributed by atoms with Gasteiger partial charge in [0.15, 0.2) is 0 Å². The molecule has 14 aromatic rings. The van der Waals surface area contributed by atoms with E-state index in [9.17, 15) is 71.5 Å². The molecule has 0 bridgehead atoms. The van der Waals surface area contributed by atoms with Crippen LogP contribution in [0.3, 0.4) is 0 Å². The van der Waals surface area contributed by atoms with Crippen LogP contribution in [0.25, 0.3) is 11.1 Å². The number of benzene rings is 14. The summed E-state index contributed by atoms with van der Waals surface area (Å²) in [6, 6.07) is 68.8. The molecule has 14 aromatic carbocycles. The molecule has 3 unspecified atom stereocenters. The molecule has 1 saturated carbocycles. The maximum atomic E-state index is 10.1. The molecule has 0 amide bonds. The standard InChI is InChI=1S/C21H26O2.C19H24O2.2C18H22O2.C17H20O2.C16H18O2.C15H16O2/c1-14-11-17(7-8-19(14)22)21(9-5-4-6-10-21)18-12-15(2)20(23)16(3)13-18;1-6-19(5,15-7-8-17(20)12(2)9-15)16-10-13(3)18(21)14(4)11-16;1-11-8-14(6-7-16(11)19)18(4,5)15-9-12(2)17(20)13(3)10-15;1-5-16(14-6-7-17(19)11(2)8-14)15-9-12(3)18(20)13(4)10-15;1-10-7-14(5-6-16(10)18)13(4)15-8-11(2)17(19)12(3)9-15;1-10-6-13(4-5-15(10)17)9-14-7-11(2)16(18)12(3)8-14;1-9-6-12(4-5-14(9)16)13-7-10(2)15(17)11(3)8-13/h7-8,11-13,22-23H,4-6,9-10H2,1-3H3;7-11,20-21H,6H2,1-5H3;6-10,19-20H,1-5H3;6-10,16,19-20H,5H2,1-4H3;5-9,13,18-19H,1-4H3;4-8,17-18H,9H2,1-3H3;4-8,16-17H,1-3H3. The first kappa shape index (κ1) is 108. The van der Waals surface area contributed by atoms with Crippen molar-refractivity contribution in [2.24, 2.45) is 0 Å². The van der Waals surface area contributed by atoms with Crippen molar-refractivity contribution in [2.75, 3.05) is 0 Å². The summed E-state index contributed by atoms with van der Waals surface area (Å²) in [6.45, 7) is 53.3. The van der Waals surface area contributed by atoms with Crippen LogP contribution in [0.1, 0.15) is 282 Å². The average molecular weight is 1860 g/mol. The van der Waals surface area contributed by atoms with Gasteiger partial charge in [0, 0.05) is 28.1 Å². The van der Waals surface area contributed by atoms with Gasteiger partial charge in [-0.15, -0.1) is 0 Å². The number of hydrogen-bond donors (Lipinski definition) is 14.